The molecule has 0 fully saturated rings. The molecule has 0 aromatic rings. The van der Waals surface area contributed by atoms with E-state index in [1.165, 1.54) is 38.5 Å². The van der Waals surface area contributed by atoms with E-state index in [0.29, 0.717) is 6.42 Å². The molecule has 1 N–H and O–H groups in total. The number of hydrogen-bond acceptors (Lipinski definition) is 1. The molecule has 0 radical (unpaired) electrons. The number of carboxylic acid groups (broad SMARTS) is 1. The fraction of sp³-hybridized carbons (Fsp3) is 0.929. The molecule has 16 heavy (non-hydrogen) atoms. The van der Waals surface area contributed by atoms with E-state index < -0.39 is 5.97 Å². The summed E-state index contributed by atoms with van der Waals surface area (Å²) in [6.45, 7) is 6.52. The van der Waals surface area contributed by atoms with E-state index >= 15 is 0 Å². The van der Waals surface area contributed by atoms with Gasteiger partial charge in [0.25, 0.3) is 0 Å². The molecule has 0 rings (SSSR count). The smallest absolute Gasteiger partial charge is 0.303 e. The maximum absolute atomic E-state index is 10.9. The number of rotatable bonds is 10. The lowest BCUT2D eigenvalue weighted by molar-refractivity contribution is -0.139. The lowest BCUT2D eigenvalue weighted by Crippen LogP contribution is -2.21. The second-order valence-electron chi connectivity index (χ2n) is 5.30. The Morgan fingerprint density at radius 3 is 1.75 bits per heavy atom. The number of aliphatic carboxylic acids is 1. The van der Waals surface area contributed by atoms with Gasteiger partial charge in [0, 0.05) is 0 Å². The molecule has 2 heteroatoms. The molecule has 2 nitrogen and oxygen atoms in total. The quantitative estimate of drug-likeness (QED) is 0.554. The van der Waals surface area contributed by atoms with Gasteiger partial charge in [-0.3, -0.25) is 4.79 Å². The van der Waals surface area contributed by atoms with Crippen molar-refractivity contribution < 1.29 is 9.90 Å². The van der Waals surface area contributed by atoms with Gasteiger partial charge in [0.05, 0.1) is 6.42 Å². The Balaban J connectivity index is 4.07. The van der Waals surface area contributed by atoms with E-state index in [1.54, 1.807) is 0 Å². The molecule has 0 aliphatic heterocycles. The topological polar surface area (TPSA) is 37.3 Å². The molecule has 0 heterocycles. The van der Waals surface area contributed by atoms with Crippen LogP contribution in [0.1, 0.15) is 78.6 Å². The molecule has 0 saturated heterocycles. The van der Waals surface area contributed by atoms with Gasteiger partial charge in [-0.25, -0.2) is 0 Å². The highest BCUT2D eigenvalue weighted by Crippen LogP contribution is 2.34. The Labute approximate surface area is 100 Å². The summed E-state index contributed by atoms with van der Waals surface area (Å²) in [4.78, 5) is 10.9. The van der Waals surface area contributed by atoms with Crippen molar-refractivity contribution in [2.75, 3.05) is 0 Å². The first-order chi connectivity index (χ1) is 7.54. The third-order valence-electron chi connectivity index (χ3n) is 3.35. The first-order valence-corrected chi connectivity index (χ1v) is 6.76. The highest BCUT2D eigenvalue weighted by Gasteiger charge is 2.26. The van der Waals surface area contributed by atoms with Gasteiger partial charge in [0.2, 0.25) is 0 Å². The molecule has 0 atom stereocenters. The van der Waals surface area contributed by atoms with Gasteiger partial charge in [-0.1, -0.05) is 59.3 Å². The van der Waals surface area contributed by atoms with Crippen molar-refractivity contribution in [3.05, 3.63) is 0 Å². The maximum Gasteiger partial charge on any atom is 0.303 e. The third kappa shape index (κ3) is 7.72. The van der Waals surface area contributed by atoms with Crippen molar-refractivity contribution in [2.45, 2.75) is 78.6 Å². The normalized spacial score (nSPS) is 11.7. The van der Waals surface area contributed by atoms with Crippen LogP contribution in [0.4, 0.5) is 0 Å². The lowest BCUT2D eigenvalue weighted by atomic mass is 9.77. The van der Waals surface area contributed by atoms with E-state index in [-0.39, 0.29) is 5.41 Å². The summed E-state index contributed by atoms with van der Waals surface area (Å²) in [5.41, 5.74) is 0.0240. The molecular formula is C14H28O2. The highest BCUT2D eigenvalue weighted by molar-refractivity contribution is 5.67. The van der Waals surface area contributed by atoms with E-state index in [2.05, 4.69) is 20.8 Å². The van der Waals surface area contributed by atoms with Crippen LogP contribution in [0.5, 0.6) is 0 Å². The molecular weight excluding hydrogens is 200 g/mol. The minimum Gasteiger partial charge on any atom is -0.481 e. The summed E-state index contributed by atoms with van der Waals surface area (Å²) in [5, 5.41) is 8.96. The van der Waals surface area contributed by atoms with Crippen LogP contribution in [0.25, 0.3) is 0 Å². The standard InChI is InChI=1S/C14H28O2/c1-4-6-8-10-14(3,12-13(15)16)11-9-7-5-2/h4-12H2,1-3H3,(H,15,16). The van der Waals surface area contributed by atoms with Crippen LogP contribution in [0.2, 0.25) is 0 Å². The predicted molar refractivity (Wildman–Crippen MR) is 68.6 cm³/mol. The van der Waals surface area contributed by atoms with E-state index in [1.807, 2.05) is 0 Å². The molecule has 0 spiro atoms. The van der Waals surface area contributed by atoms with Crippen molar-refractivity contribution in [3.8, 4) is 0 Å². The average molecular weight is 228 g/mol. The van der Waals surface area contributed by atoms with Crippen LogP contribution in [0.3, 0.4) is 0 Å². The van der Waals surface area contributed by atoms with E-state index in [0.717, 1.165) is 12.8 Å². The van der Waals surface area contributed by atoms with Gasteiger partial charge in [-0.15, -0.1) is 0 Å². The van der Waals surface area contributed by atoms with Crippen LogP contribution in [0, 0.1) is 5.41 Å². The minimum atomic E-state index is -0.643. The Morgan fingerprint density at radius 2 is 1.44 bits per heavy atom. The molecule has 0 bridgehead atoms. The predicted octanol–water partition coefficient (Wildman–Crippen LogP) is 4.63. The van der Waals surface area contributed by atoms with Gasteiger partial charge in [-0.2, -0.15) is 0 Å². The first kappa shape index (κ1) is 15.5. The summed E-state index contributed by atoms with van der Waals surface area (Å²) in [5.74, 6) is -0.643. The fourth-order valence-electron chi connectivity index (χ4n) is 2.27. The van der Waals surface area contributed by atoms with Crippen molar-refractivity contribution >= 4 is 5.97 Å². The summed E-state index contributed by atoms with van der Waals surface area (Å²) in [6, 6.07) is 0. The van der Waals surface area contributed by atoms with Crippen LogP contribution in [-0.2, 0) is 4.79 Å². The van der Waals surface area contributed by atoms with Crippen LogP contribution in [-0.4, -0.2) is 11.1 Å². The van der Waals surface area contributed by atoms with E-state index in [4.69, 9.17) is 5.11 Å². The zero-order chi connectivity index (χ0) is 12.4. The highest BCUT2D eigenvalue weighted by atomic mass is 16.4. The van der Waals surface area contributed by atoms with Gasteiger partial charge in [0.15, 0.2) is 0 Å². The summed E-state index contributed by atoms with van der Waals surface area (Å²) in [6.07, 6.45) is 9.68. The van der Waals surface area contributed by atoms with Crippen molar-refractivity contribution in [3.63, 3.8) is 0 Å². The Bertz CT molecular complexity index is 177. The van der Waals surface area contributed by atoms with E-state index in [9.17, 15) is 4.79 Å². The average Bonchev–Trinajstić information content (AvgIpc) is 2.17. The number of carbonyl (C=O) groups is 1. The molecule has 0 unspecified atom stereocenters. The number of unbranched alkanes of at least 4 members (excludes halogenated alkanes) is 4. The Morgan fingerprint density at radius 1 is 1.00 bits per heavy atom. The molecule has 0 aliphatic carbocycles. The van der Waals surface area contributed by atoms with Gasteiger partial charge in [-0.05, 0) is 18.3 Å². The van der Waals surface area contributed by atoms with Crippen LogP contribution >= 0.6 is 0 Å². The third-order valence-corrected chi connectivity index (χ3v) is 3.35. The summed E-state index contributed by atoms with van der Waals surface area (Å²) < 4.78 is 0. The summed E-state index contributed by atoms with van der Waals surface area (Å²) >= 11 is 0. The van der Waals surface area contributed by atoms with Gasteiger partial charge < -0.3 is 5.11 Å². The monoisotopic (exact) mass is 228 g/mol. The second-order valence-corrected chi connectivity index (χ2v) is 5.30. The van der Waals surface area contributed by atoms with Crippen molar-refractivity contribution in [2.24, 2.45) is 5.41 Å². The fourth-order valence-corrected chi connectivity index (χ4v) is 2.27. The molecule has 0 amide bonds. The Kier molecular flexibility index (Phi) is 8.32. The van der Waals surface area contributed by atoms with Gasteiger partial charge >= 0.3 is 5.97 Å². The van der Waals surface area contributed by atoms with Crippen molar-refractivity contribution in [1.82, 2.24) is 0 Å². The number of hydrogen-bond donors (Lipinski definition) is 1. The zero-order valence-corrected chi connectivity index (χ0v) is 11.2. The van der Waals surface area contributed by atoms with Crippen LogP contribution in [0.15, 0.2) is 0 Å². The molecule has 0 aromatic carbocycles. The minimum absolute atomic E-state index is 0.0240. The van der Waals surface area contributed by atoms with Crippen molar-refractivity contribution in [1.29, 1.82) is 0 Å². The SMILES string of the molecule is CCCCCC(C)(CCCCC)CC(=O)O. The Hall–Kier alpha value is -0.530. The zero-order valence-electron chi connectivity index (χ0n) is 11.2. The summed E-state index contributed by atoms with van der Waals surface area (Å²) in [7, 11) is 0. The molecule has 0 aromatic heterocycles. The number of carboxylic acids is 1. The maximum atomic E-state index is 10.9. The second kappa shape index (κ2) is 8.60. The molecule has 0 saturated carbocycles. The van der Waals surface area contributed by atoms with Crippen LogP contribution < -0.4 is 0 Å². The van der Waals surface area contributed by atoms with Gasteiger partial charge in [0.1, 0.15) is 0 Å². The first-order valence-electron chi connectivity index (χ1n) is 6.76. The molecule has 0 aliphatic rings. The largest absolute Gasteiger partial charge is 0.481 e. The lowest BCUT2D eigenvalue weighted by Gasteiger charge is -2.28. The molecule has 96 valence electrons.